The Balaban J connectivity index is 1.81. The molecule has 98 valence electrons. The first-order valence-corrected chi connectivity index (χ1v) is 7.08. The zero-order valence-electron chi connectivity index (χ0n) is 10.2. The van der Waals surface area contributed by atoms with Crippen molar-refractivity contribution in [1.82, 2.24) is 4.90 Å². The van der Waals surface area contributed by atoms with E-state index < -0.39 is 5.97 Å². The van der Waals surface area contributed by atoms with Crippen molar-refractivity contribution in [2.24, 2.45) is 0 Å². The minimum atomic E-state index is -0.841. The highest BCUT2D eigenvalue weighted by atomic mass is 32.1. The molecule has 0 aliphatic heterocycles. The first-order valence-electron chi connectivity index (χ1n) is 6.20. The van der Waals surface area contributed by atoms with Crippen LogP contribution in [0.1, 0.15) is 30.6 Å². The largest absolute Gasteiger partial charge is 0.481 e. The van der Waals surface area contributed by atoms with Crippen molar-refractivity contribution in [3.63, 3.8) is 0 Å². The van der Waals surface area contributed by atoms with E-state index in [4.69, 9.17) is 5.11 Å². The smallest absolute Gasteiger partial charge is 0.305 e. The molecule has 1 fully saturated rings. The average molecular weight is 267 g/mol. The summed E-state index contributed by atoms with van der Waals surface area (Å²) in [5, 5.41) is 10.7. The van der Waals surface area contributed by atoms with Gasteiger partial charge in [0.15, 0.2) is 0 Å². The fourth-order valence-electron chi connectivity index (χ4n) is 1.94. The SMILES string of the molecule is O=C(O)CCN(C(=O)CCc1cccs1)C1CC1. The van der Waals surface area contributed by atoms with E-state index in [0.29, 0.717) is 19.0 Å². The van der Waals surface area contributed by atoms with Gasteiger partial charge in [0, 0.05) is 23.9 Å². The molecule has 0 aromatic carbocycles. The lowest BCUT2D eigenvalue weighted by atomic mass is 10.2. The van der Waals surface area contributed by atoms with Crippen molar-refractivity contribution < 1.29 is 14.7 Å². The van der Waals surface area contributed by atoms with Gasteiger partial charge in [0.05, 0.1) is 6.42 Å². The van der Waals surface area contributed by atoms with Gasteiger partial charge in [-0.1, -0.05) is 6.07 Å². The third-order valence-electron chi connectivity index (χ3n) is 3.04. The molecule has 0 saturated heterocycles. The van der Waals surface area contributed by atoms with E-state index in [1.165, 1.54) is 4.88 Å². The monoisotopic (exact) mass is 267 g/mol. The van der Waals surface area contributed by atoms with E-state index in [2.05, 4.69) is 0 Å². The minimum Gasteiger partial charge on any atom is -0.481 e. The number of carbonyl (C=O) groups excluding carboxylic acids is 1. The highest BCUT2D eigenvalue weighted by molar-refractivity contribution is 7.09. The summed E-state index contributed by atoms with van der Waals surface area (Å²) < 4.78 is 0. The Bertz CT molecular complexity index is 412. The molecule has 1 saturated carbocycles. The van der Waals surface area contributed by atoms with Crippen LogP contribution in [0.4, 0.5) is 0 Å². The van der Waals surface area contributed by atoms with Gasteiger partial charge in [0.25, 0.3) is 0 Å². The van der Waals surface area contributed by atoms with E-state index in [9.17, 15) is 9.59 Å². The summed E-state index contributed by atoms with van der Waals surface area (Å²) in [6.45, 7) is 0.350. The first-order chi connectivity index (χ1) is 8.66. The van der Waals surface area contributed by atoms with Crippen molar-refractivity contribution in [3.05, 3.63) is 22.4 Å². The second kappa shape index (κ2) is 6.00. The second-order valence-corrected chi connectivity index (χ2v) is 5.57. The van der Waals surface area contributed by atoms with E-state index in [-0.39, 0.29) is 12.3 Å². The molecule has 2 rings (SSSR count). The summed E-state index contributed by atoms with van der Waals surface area (Å²) >= 11 is 1.65. The van der Waals surface area contributed by atoms with Gasteiger partial charge in [-0.2, -0.15) is 0 Å². The Labute approximate surface area is 110 Å². The molecule has 0 bridgehead atoms. The molecule has 1 heterocycles. The summed E-state index contributed by atoms with van der Waals surface area (Å²) in [6, 6.07) is 4.30. The van der Waals surface area contributed by atoms with Crippen molar-refractivity contribution in [3.8, 4) is 0 Å². The molecule has 5 heteroatoms. The number of hydrogen-bond donors (Lipinski definition) is 1. The number of hydrogen-bond acceptors (Lipinski definition) is 3. The van der Waals surface area contributed by atoms with Crippen molar-refractivity contribution in [2.75, 3.05) is 6.54 Å². The van der Waals surface area contributed by atoms with E-state index in [1.807, 2.05) is 17.5 Å². The third-order valence-corrected chi connectivity index (χ3v) is 3.98. The Morgan fingerprint density at radius 3 is 2.72 bits per heavy atom. The molecule has 1 amide bonds. The first kappa shape index (κ1) is 13.1. The second-order valence-electron chi connectivity index (χ2n) is 4.54. The standard InChI is InChI=1S/C13H17NO3S/c15-12(6-5-11-2-1-9-18-11)14(10-3-4-10)8-7-13(16)17/h1-2,9-10H,3-8H2,(H,16,17). The summed E-state index contributed by atoms with van der Waals surface area (Å²) in [5.41, 5.74) is 0. The maximum atomic E-state index is 12.1. The maximum absolute atomic E-state index is 12.1. The van der Waals surface area contributed by atoms with Crippen LogP contribution in [0.2, 0.25) is 0 Å². The molecule has 0 radical (unpaired) electrons. The van der Waals surface area contributed by atoms with Gasteiger partial charge in [0.2, 0.25) is 5.91 Å². The maximum Gasteiger partial charge on any atom is 0.305 e. The lowest BCUT2D eigenvalue weighted by Crippen LogP contribution is -2.35. The predicted molar refractivity (Wildman–Crippen MR) is 69.6 cm³/mol. The molecule has 18 heavy (non-hydrogen) atoms. The summed E-state index contributed by atoms with van der Waals surface area (Å²) in [4.78, 5) is 25.6. The van der Waals surface area contributed by atoms with Crippen LogP contribution in [0.3, 0.4) is 0 Å². The van der Waals surface area contributed by atoms with Crippen molar-refractivity contribution in [2.45, 2.75) is 38.1 Å². The van der Waals surface area contributed by atoms with Crippen LogP contribution in [0.15, 0.2) is 17.5 Å². The summed E-state index contributed by atoms with van der Waals surface area (Å²) in [5.74, 6) is -0.751. The van der Waals surface area contributed by atoms with Crippen LogP contribution < -0.4 is 0 Å². The molecule has 1 aliphatic rings. The molecule has 1 aromatic rings. The van der Waals surface area contributed by atoms with Crippen LogP contribution >= 0.6 is 11.3 Å². The number of aryl methyl sites for hydroxylation is 1. The molecule has 0 atom stereocenters. The van der Waals surface area contributed by atoms with Gasteiger partial charge in [-0.15, -0.1) is 11.3 Å². The van der Waals surface area contributed by atoms with Gasteiger partial charge in [-0.3, -0.25) is 9.59 Å². The van der Waals surface area contributed by atoms with Crippen molar-refractivity contribution >= 4 is 23.2 Å². The minimum absolute atomic E-state index is 0.0429. The molecular formula is C13H17NO3S. The number of carboxylic acids is 1. The molecule has 1 aliphatic carbocycles. The lowest BCUT2D eigenvalue weighted by Gasteiger charge is -2.21. The topological polar surface area (TPSA) is 57.6 Å². The fraction of sp³-hybridized carbons (Fsp3) is 0.538. The number of thiophene rings is 1. The number of nitrogens with zero attached hydrogens (tertiary/aromatic N) is 1. The average Bonchev–Trinajstić information content (AvgIpc) is 3.03. The number of amides is 1. The van der Waals surface area contributed by atoms with Gasteiger partial charge < -0.3 is 10.0 Å². The molecule has 4 nitrogen and oxygen atoms in total. The van der Waals surface area contributed by atoms with Gasteiger partial charge in [-0.25, -0.2) is 0 Å². The van der Waals surface area contributed by atoms with Crippen LogP contribution in [-0.2, 0) is 16.0 Å². The summed E-state index contributed by atoms with van der Waals surface area (Å²) in [7, 11) is 0. The zero-order valence-corrected chi connectivity index (χ0v) is 11.0. The van der Waals surface area contributed by atoms with Gasteiger partial charge in [0.1, 0.15) is 0 Å². The molecule has 1 N–H and O–H groups in total. The number of carbonyl (C=O) groups is 2. The van der Waals surface area contributed by atoms with Crippen LogP contribution in [0.25, 0.3) is 0 Å². The van der Waals surface area contributed by atoms with Gasteiger partial charge >= 0.3 is 5.97 Å². The lowest BCUT2D eigenvalue weighted by molar-refractivity contribution is -0.138. The Hall–Kier alpha value is -1.36. The number of aliphatic carboxylic acids is 1. The van der Waals surface area contributed by atoms with Crippen molar-refractivity contribution in [1.29, 1.82) is 0 Å². The number of rotatable bonds is 7. The fourth-order valence-corrected chi connectivity index (χ4v) is 2.65. The molecule has 0 unspecified atom stereocenters. The van der Waals surface area contributed by atoms with Crippen LogP contribution in [-0.4, -0.2) is 34.5 Å². The number of carboxylic acid groups (broad SMARTS) is 1. The zero-order chi connectivity index (χ0) is 13.0. The molecular weight excluding hydrogens is 250 g/mol. The normalized spacial score (nSPS) is 14.4. The Kier molecular flexibility index (Phi) is 4.36. The van der Waals surface area contributed by atoms with E-state index in [0.717, 1.165) is 19.3 Å². The molecule has 1 aromatic heterocycles. The third kappa shape index (κ3) is 3.84. The summed E-state index contributed by atoms with van der Waals surface area (Å²) in [6.07, 6.45) is 3.32. The van der Waals surface area contributed by atoms with Crippen LogP contribution in [0.5, 0.6) is 0 Å². The Morgan fingerprint density at radius 2 is 2.17 bits per heavy atom. The highest BCUT2D eigenvalue weighted by Gasteiger charge is 2.32. The molecule has 0 spiro atoms. The Morgan fingerprint density at radius 1 is 1.39 bits per heavy atom. The van der Waals surface area contributed by atoms with E-state index in [1.54, 1.807) is 16.2 Å². The quantitative estimate of drug-likeness (QED) is 0.823. The van der Waals surface area contributed by atoms with Crippen LogP contribution in [0, 0.1) is 0 Å². The van der Waals surface area contributed by atoms with E-state index >= 15 is 0 Å². The van der Waals surface area contributed by atoms with Gasteiger partial charge in [-0.05, 0) is 30.7 Å². The predicted octanol–water partition coefficient (Wildman–Crippen LogP) is 2.15. The highest BCUT2D eigenvalue weighted by Crippen LogP contribution is 2.28.